The normalized spacial score (nSPS) is 10.8. The molecule has 33 heavy (non-hydrogen) atoms. The lowest BCUT2D eigenvalue weighted by atomic mass is 10.1. The lowest BCUT2D eigenvalue weighted by molar-refractivity contribution is -0.123. The van der Waals surface area contributed by atoms with E-state index < -0.39 is 11.9 Å². The molecule has 1 N–H and O–H groups in total. The van der Waals surface area contributed by atoms with E-state index in [1.165, 1.54) is 6.21 Å². The topological polar surface area (TPSA) is 77.0 Å². The van der Waals surface area contributed by atoms with Crippen LogP contribution in [0.15, 0.2) is 68.6 Å². The number of aryl methyl sites for hydroxylation is 2. The number of carbonyl (C=O) groups excluding carboxylic acids is 2. The van der Waals surface area contributed by atoms with Gasteiger partial charge in [0, 0.05) is 13.6 Å². The van der Waals surface area contributed by atoms with E-state index >= 15 is 0 Å². The van der Waals surface area contributed by atoms with Crippen molar-refractivity contribution in [3.63, 3.8) is 0 Å². The number of amides is 1. The lowest BCUT2D eigenvalue weighted by Gasteiger charge is -2.11. The molecule has 0 heterocycles. The first kappa shape index (κ1) is 25.4. The van der Waals surface area contributed by atoms with Crippen molar-refractivity contribution in [3.05, 3.63) is 89.4 Å². The Bertz CT molecular complexity index is 1230. The highest BCUT2D eigenvalue weighted by atomic mass is 127. The third-order valence-electron chi connectivity index (χ3n) is 4.57. The quantitative estimate of drug-likeness (QED) is 0.106. The first-order chi connectivity index (χ1) is 15.7. The average Bonchev–Trinajstić information content (AvgIpc) is 2.77. The number of ether oxygens (including phenoxy) is 2. The highest BCUT2D eigenvalue weighted by molar-refractivity contribution is 14.1. The Morgan fingerprint density at radius 2 is 1.82 bits per heavy atom. The van der Waals surface area contributed by atoms with Crippen LogP contribution in [0, 0.1) is 17.4 Å². The molecule has 1 amide bonds. The first-order valence-corrected chi connectivity index (χ1v) is 12.4. The minimum atomic E-state index is -0.497. The Kier molecular flexibility index (Phi) is 9.04. The van der Waals surface area contributed by atoms with Gasteiger partial charge in [0.05, 0.1) is 16.3 Å². The van der Waals surface area contributed by atoms with Crippen molar-refractivity contribution in [1.29, 1.82) is 0 Å². The molecule has 3 aromatic rings. The molecule has 0 aliphatic rings. The highest BCUT2D eigenvalue weighted by Crippen LogP contribution is 2.33. The van der Waals surface area contributed by atoms with E-state index in [0.29, 0.717) is 21.3 Å². The number of hydrogen-bond acceptors (Lipinski definition) is 5. The maximum atomic E-state index is 12.7. The van der Waals surface area contributed by atoms with E-state index in [-0.39, 0.29) is 12.4 Å². The van der Waals surface area contributed by atoms with Crippen molar-refractivity contribution in [2.75, 3.05) is 6.61 Å². The highest BCUT2D eigenvalue weighted by Gasteiger charge is 2.17. The van der Waals surface area contributed by atoms with Crippen molar-refractivity contribution in [2.24, 2.45) is 5.10 Å². The minimum Gasteiger partial charge on any atom is -0.484 e. The molecule has 170 valence electrons. The van der Waals surface area contributed by atoms with Crippen LogP contribution in [0.3, 0.4) is 0 Å². The molecule has 0 unspecified atom stereocenters. The number of hydrazone groups is 1. The van der Waals surface area contributed by atoms with Crippen LogP contribution in [0.25, 0.3) is 0 Å². The van der Waals surface area contributed by atoms with Crippen LogP contribution in [0.2, 0.25) is 0 Å². The zero-order valence-electron chi connectivity index (χ0n) is 17.7. The second kappa shape index (κ2) is 11.8. The molecule has 0 saturated heterocycles. The zero-order valence-corrected chi connectivity index (χ0v) is 23.0. The molecule has 3 aromatic carbocycles. The standard InChI is InChI=1S/C24H19Br2IN2O4/c1-14-7-8-18(9-15(14)2)32-13-22(30)29-28-12-16-10-17(25)11-20(26)23(16)33-24(31)19-5-3-4-6-21(19)27/h3-12H,13H2,1-2H3,(H,29,30)/b28-12+. The van der Waals surface area contributed by atoms with E-state index in [4.69, 9.17) is 9.47 Å². The third-order valence-corrected chi connectivity index (χ3v) is 6.55. The van der Waals surface area contributed by atoms with Crippen LogP contribution in [0.5, 0.6) is 11.5 Å². The van der Waals surface area contributed by atoms with Gasteiger partial charge in [-0.1, -0.05) is 34.1 Å². The number of esters is 1. The maximum Gasteiger partial charge on any atom is 0.344 e. The molecule has 0 spiro atoms. The number of benzene rings is 3. The van der Waals surface area contributed by atoms with Gasteiger partial charge in [-0.3, -0.25) is 4.79 Å². The molecular weight excluding hydrogens is 667 g/mol. The number of rotatable bonds is 7. The van der Waals surface area contributed by atoms with Gasteiger partial charge in [-0.05, 0) is 99.9 Å². The average molecular weight is 686 g/mol. The Morgan fingerprint density at radius 1 is 1.06 bits per heavy atom. The predicted molar refractivity (Wildman–Crippen MR) is 143 cm³/mol. The Balaban J connectivity index is 1.68. The largest absolute Gasteiger partial charge is 0.484 e. The minimum absolute atomic E-state index is 0.184. The molecule has 0 saturated carbocycles. The van der Waals surface area contributed by atoms with Gasteiger partial charge < -0.3 is 9.47 Å². The molecule has 0 atom stereocenters. The summed E-state index contributed by atoms with van der Waals surface area (Å²) in [6.45, 7) is 3.80. The molecule has 0 fully saturated rings. The molecule has 0 radical (unpaired) electrons. The van der Waals surface area contributed by atoms with E-state index in [1.54, 1.807) is 24.3 Å². The molecule has 0 aromatic heterocycles. The second-order valence-corrected chi connectivity index (χ2v) is 9.94. The van der Waals surface area contributed by atoms with Crippen molar-refractivity contribution < 1.29 is 19.1 Å². The van der Waals surface area contributed by atoms with Gasteiger partial charge in [0.1, 0.15) is 5.75 Å². The fourth-order valence-corrected chi connectivity index (χ4v) is 4.66. The van der Waals surface area contributed by atoms with Crippen molar-refractivity contribution in [1.82, 2.24) is 5.43 Å². The van der Waals surface area contributed by atoms with Gasteiger partial charge in [0.2, 0.25) is 0 Å². The monoisotopic (exact) mass is 684 g/mol. The van der Waals surface area contributed by atoms with Crippen molar-refractivity contribution in [3.8, 4) is 11.5 Å². The van der Waals surface area contributed by atoms with Gasteiger partial charge in [-0.25, -0.2) is 10.2 Å². The zero-order chi connectivity index (χ0) is 24.0. The predicted octanol–water partition coefficient (Wildman–Crippen LogP) is 6.18. The van der Waals surface area contributed by atoms with Gasteiger partial charge in [-0.15, -0.1) is 0 Å². The van der Waals surface area contributed by atoms with Gasteiger partial charge in [-0.2, -0.15) is 5.10 Å². The van der Waals surface area contributed by atoms with Crippen LogP contribution in [-0.4, -0.2) is 24.7 Å². The fourth-order valence-electron chi connectivity index (χ4n) is 2.72. The number of hydrogen-bond donors (Lipinski definition) is 1. The number of nitrogens with one attached hydrogen (secondary N) is 1. The summed E-state index contributed by atoms with van der Waals surface area (Å²) in [5, 5.41) is 3.99. The molecule has 0 bridgehead atoms. The summed E-state index contributed by atoms with van der Waals surface area (Å²) < 4.78 is 13.2. The maximum absolute atomic E-state index is 12.7. The molecular formula is C24H19Br2IN2O4. The van der Waals surface area contributed by atoms with Crippen molar-refractivity contribution in [2.45, 2.75) is 13.8 Å². The van der Waals surface area contributed by atoms with E-state index in [0.717, 1.165) is 19.2 Å². The lowest BCUT2D eigenvalue weighted by Crippen LogP contribution is -2.24. The Labute approximate surface area is 222 Å². The van der Waals surface area contributed by atoms with Crippen LogP contribution in [-0.2, 0) is 4.79 Å². The van der Waals surface area contributed by atoms with Crippen molar-refractivity contribution >= 4 is 72.5 Å². The summed E-state index contributed by atoms with van der Waals surface area (Å²) in [6.07, 6.45) is 1.40. The summed E-state index contributed by atoms with van der Waals surface area (Å²) in [6, 6.07) is 16.2. The SMILES string of the molecule is Cc1ccc(OCC(=O)N/N=C/c2cc(Br)cc(Br)c2OC(=O)c2ccccc2I)cc1C. The Morgan fingerprint density at radius 3 is 2.55 bits per heavy atom. The summed E-state index contributed by atoms with van der Waals surface area (Å²) in [5.41, 5.74) is 5.59. The van der Waals surface area contributed by atoms with Gasteiger partial charge in [0.25, 0.3) is 5.91 Å². The van der Waals surface area contributed by atoms with Gasteiger partial charge >= 0.3 is 5.97 Å². The molecule has 3 rings (SSSR count). The summed E-state index contributed by atoms with van der Waals surface area (Å²) in [4.78, 5) is 24.8. The molecule has 0 aliphatic carbocycles. The van der Waals surface area contributed by atoms with E-state index in [1.807, 2.05) is 44.2 Å². The molecule has 6 nitrogen and oxygen atoms in total. The van der Waals surface area contributed by atoms with Crippen LogP contribution < -0.4 is 14.9 Å². The van der Waals surface area contributed by atoms with Crippen LogP contribution >= 0.6 is 54.5 Å². The van der Waals surface area contributed by atoms with Crippen LogP contribution in [0.1, 0.15) is 27.0 Å². The molecule has 9 heteroatoms. The smallest absolute Gasteiger partial charge is 0.344 e. The number of halogens is 3. The number of carbonyl (C=O) groups is 2. The Hall–Kier alpha value is -2.24. The first-order valence-electron chi connectivity index (χ1n) is 9.72. The summed E-state index contributed by atoms with van der Waals surface area (Å²) in [7, 11) is 0. The summed E-state index contributed by atoms with van der Waals surface area (Å²) in [5.74, 6) is -0.0236. The second-order valence-electron chi connectivity index (χ2n) is 7.00. The van der Waals surface area contributed by atoms with E-state index in [9.17, 15) is 9.59 Å². The third kappa shape index (κ3) is 7.12. The fraction of sp³-hybridized carbons (Fsp3) is 0.125. The number of nitrogens with zero attached hydrogens (tertiary/aromatic N) is 1. The van der Waals surface area contributed by atoms with Gasteiger partial charge in [0.15, 0.2) is 12.4 Å². The van der Waals surface area contributed by atoms with E-state index in [2.05, 4.69) is 65.0 Å². The molecule has 0 aliphatic heterocycles. The summed E-state index contributed by atoms with van der Waals surface area (Å²) >= 11 is 8.91. The van der Waals surface area contributed by atoms with Crippen LogP contribution in [0.4, 0.5) is 0 Å².